The smallest absolute Gasteiger partial charge is 0.320 e. The molecular weight excluding hydrogens is 386 g/mol. The Morgan fingerprint density at radius 2 is 1.67 bits per heavy atom. The molecule has 2 saturated heterocycles. The minimum absolute atomic E-state index is 0.105. The summed E-state index contributed by atoms with van der Waals surface area (Å²) in [6.07, 6.45) is 0. The molecule has 10 nitrogen and oxygen atoms in total. The highest BCUT2D eigenvalue weighted by Gasteiger charge is 2.26. The van der Waals surface area contributed by atoms with Gasteiger partial charge in [-0.3, -0.25) is 9.69 Å². The quantitative estimate of drug-likeness (QED) is 0.705. The third-order valence-electron chi connectivity index (χ3n) is 5.63. The number of rotatable bonds is 4. The van der Waals surface area contributed by atoms with Crippen molar-refractivity contribution in [2.24, 2.45) is 0 Å². The van der Waals surface area contributed by atoms with Crippen molar-refractivity contribution in [1.29, 1.82) is 0 Å². The SMILES string of the molecule is Cc1cc(C)n(-c2ccc(=O)n(CCN3CCN(C(=O)N4CCOCC4)CC3)n2)n1. The Bertz CT molecular complexity index is 940. The number of hydrogen-bond donors (Lipinski definition) is 0. The second-order valence-corrected chi connectivity index (χ2v) is 7.80. The molecule has 0 spiro atoms. The molecule has 10 heteroatoms. The molecule has 0 N–H and O–H groups in total. The first-order valence-electron chi connectivity index (χ1n) is 10.5. The molecular formula is C20H29N7O3. The minimum atomic E-state index is -0.124. The summed E-state index contributed by atoms with van der Waals surface area (Å²) in [7, 11) is 0. The summed E-state index contributed by atoms with van der Waals surface area (Å²) in [6.45, 7) is 10.7. The summed E-state index contributed by atoms with van der Waals surface area (Å²) in [4.78, 5) is 30.9. The Labute approximate surface area is 175 Å². The monoisotopic (exact) mass is 415 g/mol. The standard InChI is InChI=1S/C20H29N7O3/c1-16-15-17(2)27(21-16)18-3-4-19(28)26(22-18)10-7-23-5-8-24(9-6-23)20(29)25-11-13-30-14-12-25/h3-4,15H,5-14H2,1-2H3. The van der Waals surface area contributed by atoms with Crippen LogP contribution in [-0.2, 0) is 11.3 Å². The van der Waals surface area contributed by atoms with Crippen LogP contribution in [0.1, 0.15) is 11.4 Å². The van der Waals surface area contributed by atoms with Crippen LogP contribution in [0.2, 0.25) is 0 Å². The molecule has 2 aromatic heterocycles. The van der Waals surface area contributed by atoms with E-state index in [9.17, 15) is 9.59 Å². The van der Waals surface area contributed by atoms with Crippen molar-refractivity contribution in [2.75, 3.05) is 59.0 Å². The second-order valence-electron chi connectivity index (χ2n) is 7.80. The Morgan fingerprint density at radius 1 is 0.967 bits per heavy atom. The topological polar surface area (TPSA) is 88.7 Å². The molecule has 2 amide bonds. The maximum atomic E-state index is 12.6. The van der Waals surface area contributed by atoms with Gasteiger partial charge in [0.1, 0.15) is 0 Å². The third-order valence-corrected chi connectivity index (χ3v) is 5.63. The Kier molecular flexibility index (Phi) is 6.14. The van der Waals surface area contributed by atoms with Crippen LogP contribution in [0.25, 0.3) is 5.82 Å². The van der Waals surface area contributed by atoms with Crippen LogP contribution in [0.15, 0.2) is 23.0 Å². The minimum Gasteiger partial charge on any atom is -0.378 e. The number of amides is 2. The predicted molar refractivity (Wildman–Crippen MR) is 111 cm³/mol. The molecule has 162 valence electrons. The van der Waals surface area contributed by atoms with Gasteiger partial charge < -0.3 is 14.5 Å². The first kappa shape index (κ1) is 20.5. The van der Waals surface area contributed by atoms with Crippen LogP contribution >= 0.6 is 0 Å². The van der Waals surface area contributed by atoms with Gasteiger partial charge in [-0.25, -0.2) is 14.2 Å². The summed E-state index contributed by atoms with van der Waals surface area (Å²) < 4.78 is 8.57. The molecule has 0 bridgehead atoms. The summed E-state index contributed by atoms with van der Waals surface area (Å²) in [5, 5.41) is 8.94. The van der Waals surface area contributed by atoms with E-state index in [0.717, 1.165) is 24.5 Å². The van der Waals surface area contributed by atoms with Gasteiger partial charge in [-0.2, -0.15) is 5.10 Å². The lowest BCUT2D eigenvalue weighted by Crippen LogP contribution is -2.55. The molecule has 2 aliphatic rings. The first-order valence-corrected chi connectivity index (χ1v) is 10.5. The van der Waals surface area contributed by atoms with Gasteiger partial charge in [-0.1, -0.05) is 0 Å². The number of nitrogens with zero attached hydrogens (tertiary/aromatic N) is 7. The van der Waals surface area contributed by atoms with Crippen LogP contribution < -0.4 is 5.56 Å². The lowest BCUT2D eigenvalue weighted by Gasteiger charge is -2.38. The first-order chi connectivity index (χ1) is 14.5. The number of piperazine rings is 1. The Hall–Kier alpha value is -2.72. The molecule has 0 aliphatic carbocycles. The van der Waals surface area contributed by atoms with Crippen LogP contribution in [0.3, 0.4) is 0 Å². The Morgan fingerprint density at radius 3 is 2.33 bits per heavy atom. The number of ether oxygens (including phenoxy) is 1. The number of morpholine rings is 1. The molecule has 0 aromatic carbocycles. The summed E-state index contributed by atoms with van der Waals surface area (Å²) in [6, 6.07) is 5.33. The maximum absolute atomic E-state index is 12.6. The lowest BCUT2D eigenvalue weighted by molar-refractivity contribution is 0.0375. The molecule has 2 fully saturated rings. The highest BCUT2D eigenvalue weighted by molar-refractivity contribution is 5.74. The van der Waals surface area contributed by atoms with E-state index >= 15 is 0 Å². The zero-order valence-electron chi connectivity index (χ0n) is 17.7. The summed E-state index contributed by atoms with van der Waals surface area (Å²) in [5.41, 5.74) is 1.77. The van der Waals surface area contributed by atoms with Crippen LogP contribution in [0.5, 0.6) is 0 Å². The Balaban J connectivity index is 1.32. The summed E-state index contributed by atoms with van der Waals surface area (Å²) >= 11 is 0. The average molecular weight is 415 g/mol. The molecule has 0 radical (unpaired) electrons. The number of hydrogen-bond acceptors (Lipinski definition) is 6. The van der Waals surface area contributed by atoms with E-state index in [0.29, 0.717) is 58.3 Å². The van der Waals surface area contributed by atoms with Crippen molar-refractivity contribution >= 4 is 6.03 Å². The number of aromatic nitrogens is 4. The van der Waals surface area contributed by atoms with E-state index in [-0.39, 0.29) is 11.6 Å². The molecule has 30 heavy (non-hydrogen) atoms. The predicted octanol–water partition coefficient (Wildman–Crippen LogP) is 0.116. The fourth-order valence-corrected chi connectivity index (χ4v) is 3.93. The fraction of sp³-hybridized carbons (Fsp3) is 0.600. The van der Waals surface area contributed by atoms with Crippen LogP contribution in [0, 0.1) is 13.8 Å². The van der Waals surface area contributed by atoms with Gasteiger partial charge in [-0.05, 0) is 26.0 Å². The zero-order chi connectivity index (χ0) is 21.1. The van der Waals surface area contributed by atoms with E-state index in [1.165, 1.54) is 10.7 Å². The number of carbonyl (C=O) groups is 1. The van der Waals surface area contributed by atoms with Gasteiger partial charge in [0.15, 0.2) is 5.82 Å². The lowest BCUT2D eigenvalue weighted by atomic mass is 10.3. The van der Waals surface area contributed by atoms with Crippen molar-refractivity contribution in [3.05, 3.63) is 39.9 Å². The number of urea groups is 1. The molecule has 4 rings (SSSR count). The van der Waals surface area contributed by atoms with Gasteiger partial charge >= 0.3 is 6.03 Å². The average Bonchev–Trinajstić information content (AvgIpc) is 3.11. The fourth-order valence-electron chi connectivity index (χ4n) is 3.93. The normalized spacial score (nSPS) is 18.1. The van der Waals surface area contributed by atoms with E-state index < -0.39 is 0 Å². The number of carbonyl (C=O) groups excluding carboxylic acids is 1. The van der Waals surface area contributed by atoms with Gasteiger partial charge in [0.05, 0.1) is 25.5 Å². The second kappa shape index (κ2) is 8.97. The molecule has 2 aliphatic heterocycles. The largest absolute Gasteiger partial charge is 0.378 e. The van der Waals surface area contributed by atoms with Gasteiger partial charge in [0.2, 0.25) is 0 Å². The molecule has 0 unspecified atom stereocenters. The van der Waals surface area contributed by atoms with Crippen molar-refractivity contribution in [3.63, 3.8) is 0 Å². The van der Waals surface area contributed by atoms with Crippen LogP contribution in [-0.4, -0.2) is 99.3 Å². The van der Waals surface area contributed by atoms with E-state index in [1.54, 1.807) is 10.7 Å². The van der Waals surface area contributed by atoms with E-state index in [4.69, 9.17) is 4.74 Å². The van der Waals surface area contributed by atoms with Crippen molar-refractivity contribution in [3.8, 4) is 5.82 Å². The number of aryl methyl sites for hydroxylation is 2. The van der Waals surface area contributed by atoms with E-state index in [2.05, 4.69) is 15.1 Å². The molecule has 0 atom stereocenters. The van der Waals surface area contributed by atoms with Crippen molar-refractivity contribution in [2.45, 2.75) is 20.4 Å². The van der Waals surface area contributed by atoms with Crippen molar-refractivity contribution in [1.82, 2.24) is 34.3 Å². The molecule has 4 heterocycles. The maximum Gasteiger partial charge on any atom is 0.320 e. The summed E-state index contributed by atoms with van der Waals surface area (Å²) in [5.74, 6) is 0.640. The highest BCUT2D eigenvalue weighted by atomic mass is 16.5. The van der Waals surface area contributed by atoms with Gasteiger partial charge in [0, 0.05) is 57.6 Å². The van der Waals surface area contributed by atoms with E-state index in [1.807, 2.05) is 29.7 Å². The van der Waals surface area contributed by atoms with Crippen LogP contribution in [0.4, 0.5) is 4.79 Å². The molecule has 0 saturated carbocycles. The molecule has 2 aromatic rings. The highest BCUT2D eigenvalue weighted by Crippen LogP contribution is 2.09. The van der Waals surface area contributed by atoms with Gasteiger partial charge in [-0.15, -0.1) is 5.10 Å². The third kappa shape index (κ3) is 4.54. The van der Waals surface area contributed by atoms with Gasteiger partial charge in [0.25, 0.3) is 5.56 Å². The van der Waals surface area contributed by atoms with Crippen molar-refractivity contribution < 1.29 is 9.53 Å². The zero-order valence-corrected chi connectivity index (χ0v) is 17.7.